The van der Waals surface area contributed by atoms with E-state index in [4.69, 9.17) is 11.1 Å². The third-order valence-electron chi connectivity index (χ3n) is 2.01. The monoisotopic (exact) mass is 191 g/mol. The van der Waals surface area contributed by atoms with Gasteiger partial charge in [0.05, 0.1) is 0 Å². The van der Waals surface area contributed by atoms with Gasteiger partial charge >= 0.3 is 0 Å². The van der Waals surface area contributed by atoms with E-state index < -0.39 is 5.91 Å². The number of primary amides is 1. The second-order valence-corrected chi connectivity index (χ2v) is 3.09. The first kappa shape index (κ1) is 10.4. The van der Waals surface area contributed by atoms with Gasteiger partial charge < -0.3 is 11.1 Å². The Hall–Kier alpha value is -1.71. The molecule has 1 rings (SSSR count). The Kier molecular flexibility index (Phi) is 2.96. The van der Waals surface area contributed by atoms with Crippen molar-refractivity contribution in [1.82, 2.24) is 4.98 Å². The van der Waals surface area contributed by atoms with Crippen LogP contribution in [-0.2, 0) is 0 Å². The fraction of sp³-hybridized carbons (Fsp3) is 0.300. The maximum Gasteiger partial charge on any atom is 0.267 e. The number of hydrogen-bond donors (Lipinski definition) is 2. The third kappa shape index (κ3) is 1.96. The fourth-order valence-corrected chi connectivity index (χ4v) is 1.20. The lowest BCUT2D eigenvalue weighted by Crippen LogP contribution is -2.15. The lowest BCUT2D eigenvalue weighted by molar-refractivity contribution is 0.0995. The van der Waals surface area contributed by atoms with Crippen molar-refractivity contribution >= 4 is 11.6 Å². The number of carbonyl (C=O) groups excluding carboxylic acids is 1. The molecule has 0 aromatic carbocycles. The van der Waals surface area contributed by atoms with Crippen molar-refractivity contribution in [3.05, 3.63) is 29.1 Å². The van der Waals surface area contributed by atoms with E-state index >= 15 is 0 Å². The molecule has 1 aromatic heterocycles. The first-order valence-corrected chi connectivity index (χ1v) is 4.40. The number of nitrogens with one attached hydrogen (secondary N) is 1. The quantitative estimate of drug-likeness (QED) is 0.705. The Labute approximate surface area is 82.7 Å². The molecule has 4 nitrogen and oxygen atoms in total. The fourth-order valence-electron chi connectivity index (χ4n) is 1.20. The van der Waals surface area contributed by atoms with Crippen LogP contribution in [0.1, 0.15) is 35.0 Å². The van der Waals surface area contributed by atoms with Crippen LogP contribution in [0.5, 0.6) is 0 Å². The highest BCUT2D eigenvalue weighted by Crippen LogP contribution is 2.08. The number of amides is 1. The van der Waals surface area contributed by atoms with Gasteiger partial charge in [-0.15, -0.1) is 0 Å². The predicted molar refractivity (Wildman–Crippen MR) is 54.6 cm³/mol. The average molecular weight is 191 g/mol. The summed E-state index contributed by atoms with van der Waals surface area (Å²) in [4.78, 5) is 14.8. The Morgan fingerprint density at radius 1 is 1.64 bits per heavy atom. The molecule has 74 valence electrons. The molecule has 0 bridgehead atoms. The molecule has 0 radical (unpaired) electrons. The van der Waals surface area contributed by atoms with Gasteiger partial charge in [-0.2, -0.15) is 0 Å². The first-order chi connectivity index (χ1) is 6.56. The van der Waals surface area contributed by atoms with E-state index in [0.717, 1.165) is 5.56 Å². The molecule has 0 saturated heterocycles. The van der Waals surface area contributed by atoms with Crippen molar-refractivity contribution in [3.63, 3.8) is 0 Å². The minimum atomic E-state index is -0.530. The summed E-state index contributed by atoms with van der Waals surface area (Å²) in [7, 11) is 0. The molecule has 0 aliphatic rings. The Balaban J connectivity index is 3.12. The third-order valence-corrected chi connectivity index (χ3v) is 2.01. The number of nitrogens with two attached hydrogens (primary N) is 1. The molecule has 0 unspecified atom stereocenters. The van der Waals surface area contributed by atoms with E-state index in [1.165, 1.54) is 6.20 Å². The summed E-state index contributed by atoms with van der Waals surface area (Å²) >= 11 is 0. The van der Waals surface area contributed by atoms with Crippen LogP contribution in [0.25, 0.3) is 0 Å². The molecule has 1 amide bonds. The van der Waals surface area contributed by atoms with Crippen LogP contribution < -0.4 is 5.73 Å². The summed E-state index contributed by atoms with van der Waals surface area (Å²) < 4.78 is 0. The normalized spacial score (nSPS) is 9.86. The summed E-state index contributed by atoms with van der Waals surface area (Å²) in [5, 5.41) is 7.60. The predicted octanol–water partition coefficient (Wildman–Crippen LogP) is 1.27. The molecule has 0 aliphatic heterocycles. The Morgan fingerprint density at radius 3 is 2.71 bits per heavy atom. The number of pyridine rings is 1. The highest BCUT2D eigenvalue weighted by molar-refractivity contribution is 5.99. The Bertz CT molecular complexity index is 385. The van der Waals surface area contributed by atoms with E-state index in [9.17, 15) is 4.79 Å². The standard InChI is InChI=1S/C10H13N3O/c1-3-8(11)7-4-6(2)9(10(12)14)13-5-7/h4-5,11H,3H2,1-2H3,(H2,12,14). The van der Waals surface area contributed by atoms with Crippen molar-refractivity contribution in [1.29, 1.82) is 5.41 Å². The lowest BCUT2D eigenvalue weighted by Gasteiger charge is -2.04. The summed E-state index contributed by atoms with van der Waals surface area (Å²) in [6.07, 6.45) is 2.16. The van der Waals surface area contributed by atoms with Gasteiger partial charge in [0.2, 0.25) is 0 Å². The highest BCUT2D eigenvalue weighted by Gasteiger charge is 2.08. The smallest absolute Gasteiger partial charge is 0.267 e. The van der Waals surface area contributed by atoms with Crippen LogP contribution in [0.15, 0.2) is 12.3 Å². The van der Waals surface area contributed by atoms with Gasteiger partial charge in [0, 0.05) is 17.5 Å². The molecule has 0 atom stereocenters. The molecule has 1 aromatic rings. The SMILES string of the molecule is CCC(=N)c1cnc(C(N)=O)c(C)c1. The second-order valence-electron chi connectivity index (χ2n) is 3.09. The minimum Gasteiger partial charge on any atom is -0.364 e. The molecule has 0 saturated carbocycles. The van der Waals surface area contributed by atoms with Gasteiger partial charge in [0.25, 0.3) is 5.91 Å². The van der Waals surface area contributed by atoms with Crippen LogP contribution in [0.4, 0.5) is 0 Å². The summed E-state index contributed by atoms with van der Waals surface area (Å²) in [6, 6.07) is 1.76. The summed E-state index contributed by atoms with van der Waals surface area (Å²) in [5.41, 5.74) is 7.37. The van der Waals surface area contributed by atoms with Gasteiger partial charge in [-0.3, -0.25) is 9.78 Å². The largest absolute Gasteiger partial charge is 0.364 e. The van der Waals surface area contributed by atoms with Gasteiger partial charge in [0.1, 0.15) is 5.69 Å². The number of hydrogen-bond acceptors (Lipinski definition) is 3. The first-order valence-electron chi connectivity index (χ1n) is 4.40. The molecular formula is C10H13N3O. The van der Waals surface area contributed by atoms with Gasteiger partial charge in [0.15, 0.2) is 0 Å². The van der Waals surface area contributed by atoms with Crippen LogP contribution >= 0.6 is 0 Å². The van der Waals surface area contributed by atoms with Crippen molar-refractivity contribution in [2.45, 2.75) is 20.3 Å². The van der Waals surface area contributed by atoms with E-state index in [0.29, 0.717) is 17.7 Å². The van der Waals surface area contributed by atoms with Crippen molar-refractivity contribution in [2.75, 3.05) is 0 Å². The number of rotatable bonds is 3. The Morgan fingerprint density at radius 2 is 2.29 bits per heavy atom. The molecule has 0 spiro atoms. The van der Waals surface area contributed by atoms with Crippen molar-refractivity contribution < 1.29 is 4.79 Å². The topological polar surface area (TPSA) is 79.8 Å². The van der Waals surface area contributed by atoms with Crippen molar-refractivity contribution in [3.8, 4) is 0 Å². The number of aryl methyl sites for hydroxylation is 1. The zero-order valence-electron chi connectivity index (χ0n) is 8.29. The molecule has 0 fully saturated rings. The number of carbonyl (C=O) groups is 1. The van der Waals surface area contributed by atoms with Crippen molar-refractivity contribution in [2.24, 2.45) is 5.73 Å². The zero-order valence-corrected chi connectivity index (χ0v) is 8.29. The maximum atomic E-state index is 10.9. The molecule has 0 aliphatic carbocycles. The summed E-state index contributed by atoms with van der Waals surface area (Å²) in [5.74, 6) is -0.530. The van der Waals surface area contributed by atoms with E-state index in [1.54, 1.807) is 13.0 Å². The molecule has 1 heterocycles. The van der Waals surface area contributed by atoms with E-state index in [-0.39, 0.29) is 5.69 Å². The van der Waals surface area contributed by atoms with Gasteiger partial charge in [-0.1, -0.05) is 6.92 Å². The average Bonchev–Trinajstić information content (AvgIpc) is 2.15. The van der Waals surface area contributed by atoms with Gasteiger partial charge in [-0.05, 0) is 25.0 Å². The second kappa shape index (κ2) is 4.00. The van der Waals surface area contributed by atoms with Crippen LogP contribution in [-0.4, -0.2) is 16.6 Å². The lowest BCUT2D eigenvalue weighted by atomic mass is 10.1. The number of aromatic nitrogens is 1. The van der Waals surface area contributed by atoms with Crippen LogP contribution in [0, 0.1) is 12.3 Å². The maximum absolute atomic E-state index is 10.9. The van der Waals surface area contributed by atoms with E-state index in [1.807, 2.05) is 6.92 Å². The number of nitrogens with zero attached hydrogens (tertiary/aromatic N) is 1. The highest BCUT2D eigenvalue weighted by atomic mass is 16.1. The summed E-state index contributed by atoms with van der Waals surface area (Å²) in [6.45, 7) is 3.67. The van der Waals surface area contributed by atoms with Crippen LogP contribution in [0.2, 0.25) is 0 Å². The van der Waals surface area contributed by atoms with Crippen LogP contribution in [0.3, 0.4) is 0 Å². The minimum absolute atomic E-state index is 0.276. The van der Waals surface area contributed by atoms with E-state index in [2.05, 4.69) is 4.98 Å². The zero-order chi connectivity index (χ0) is 10.7. The molecule has 14 heavy (non-hydrogen) atoms. The molecule has 4 heteroatoms. The molecular weight excluding hydrogens is 178 g/mol. The van der Waals surface area contributed by atoms with Gasteiger partial charge in [-0.25, -0.2) is 0 Å². The molecule has 3 N–H and O–H groups in total.